The Morgan fingerprint density at radius 1 is 1.19 bits per heavy atom. The van der Waals surface area contributed by atoms with Gasteiger partial charge in [-0.1, -0.05) is 12.1 Å². The zero-order valence-corrected chi connectivity index (χ0v) is 12.2. The fourth-order valence-corrected chi connectivity index (χ4v) is 2.12. The van der Waals surface area contributed by atoms with E-state index in [1.165, 1.54) is 0 Å². The highest BCUT2D eigenvalue weighted by molar-refractivity contribution is 5.95. The lowest BCUT2D eigenvalue weighted by Gasteiger charge is -2.22. The molecule has 0 aromatic heterocycles. The Morgan fingerprint density at radius 2 is 1.86 bits per heavy atom. The highest BCUT2D eigenvalue weighted by atomic mass is 16.5. The number of ether oxygens (including phenoxy) is 1. The minimum atomic E-state index is -0.464. The van der Waals surface area contributed by atoms with Crippen LogP contribution in [-0.2, 0) is 6.54 Å². The van der Waals surface area contributed by atoms with E-state index in [0.717, 1.165) is 17.0 Å². The van der Waals surface area contributed by atoms with Gasteiger partial charge < -0.3 is 21.1 Å². The van der Waals surface area contributed by atoms with Crippen molar-refractivity contribution in [2.45, 2.75) is 6.54 Å². The van der Waals surface area contributed by atoms with Crippen LogP contribution >= 0.6 is 0 Å². The second kappa shape index (κ2) is 6.17. The Labute approximate surface area is 124 Å². The summed E-state index contributed by atoms with van der Waals surface area (Å²) in [6.07, 6.45) is 0. The molecule has 2 aromatic rings. The molecule has 0 bridgehead atoms. The average molecular weight is 285 g/mol. The van der Waals surface area contributed by atoms with Crippen LogP contribution in [0, 0.1) is 0 Å². The second-order valence-corrected chi connectivity index (χ2v) is 4.84. The maximum Gasteiger partial charge on any atom is 0.248 e. The van der Waals surface area contributed by atoms with Crippen LogP contribution in [0.4, 0.5) is 11.4 Å². The third kappa shape index (κ3) is 3.45. The molecule has 0 heterocycles. The van der Waals surface area contributed by atoms with Gasteiger partial charge in [-0.3, -0.25) is 4.79 Å². The quantitative estimate of drug-likeness (QED) is 0.823. The summed E-state index contributed by atoms with van der Waals surface area (Å²) in [4.78, 5) is 13.2. The summed E-state index contributed by atoms with van der Waals surface area (Å²) >= 11 is 0. The molecule has 0 aliphatic rings. The molecule has 21 heavy (non-hydrogen) atoms. The van der Waals surface area contributed by atoms with Gasteiger partial charge in [-0.2, -0.15) is 0 Å². The second-order valence-electron chi connectivity index (χ2n) is 4.84. The summed E-state index contributed by atoms with van der Waals surface area (Å²) < 4.78 is 5.14. The SMILES string of the molecule is COc1ccc(CN(C)c2cc(C(N)=O)ccc2N)cc1. The molecule has 0 saturated heterocycles. The molecule has 0 unspecified atom stereocenters. The number of benzene rings is 2. The maximum atomic E-state index is 11.3. The minimum absolute atomic E-state index is 0.445. The number of methoxy groups -OCH3 is 1. The van der Waals surface area contributed by atoms with Crippen molar-refractivity contribution in [2.75, 3.05) is 24.8 Å². The zero-order valence-electron chi connectivity index (χ0n) is 12.2. The lowest BCUT2D eigenvalue weighted by molar-refractivity contribution is 0.100. The van der Waals surface area contributed by atoms with Crippen molar-refractivity contribution in [3.63, 3.8) is 0 Å². The van der Waals surface area contributed by atoms with Crippen molar-refractivity contribution in [3.8, 4) is 5.75 Å². The third-order valence-electron chi connectivity index (χ3n) is 3.31. The number of hydrogen-bond acceptors (Lipinski definition) is 4. The van der Waals surface area contributed by atoms with Crippen LogP contribution in [0.15, 0.2) is 42.5 Å². The number of nitrogens with zero attached hydrogens (tertiary/aromatic N) is 1. The van der Waals surface area contributed by atoms with Gasteiger partial charge in [0.2, 0.25) is 5.91 Å². The molecule has 1 amide bonds. The predicted octanol–water partition coefficient (Wildman–Crippen LogP) is 2.01. The molecule has 5 heteroatoms. The highest BCUT2D eigenvalue weighted by Gasteiger charge is 2.10. The summed E-state index contributed by atoms with van der Waals surface area (Å²) in [6.45, 7) is 0.663. The van der Waals surface area contributed by atoms with Crippen molar-refractivity contribution in [3.05, 3.63) is 53.6 Å². The zero-order chi connectivity index (χ0) is 15.4. The smallest absolute Gasteiger partial charge is 0.248 e. The topological polar surface area (TPSA) is 81.6 Å². The van der Waals surface area contributed by atoms with Crippen LogP contribution in [0.2, 0.25) is 0 Å². The molecule has 0 aliphatic carbocycles. The van der Waals surface area contributed by atoms with Crippen LogP contribution in [0.1, 0.15) is 15.9 Å². The Balaban J connectivity index is 2.20. The molecule has 0 atom stereocenters. The largest absolute Gasteiger partial charge is 0.497 e. The molecule has 0 fully saturated rings. The Morgan fingerprint density at radius 3 is 2.43 bits per heavy atom. The number of carbonyl (C=O) groups is 1. The van der Waals surface area contributed by atoms with Gasteiger partial charge in [0.1, 0.15) is 5.75 Å². The van der Waals surface area contributed by atoms with E-state index in [0.29, 0.717) is 17.8 Å². The maximum absolute atomic E-state index is 11.3. The van der Waals surface area contributed by atoms with Crippen LogP contribution in [0.3, 0.4) is 0 Å². The fraction of sp³-hybridized carbons (Fsp3) is 0.188. The average Bonchev–Trinajstić information content (AvgIpc) is 2.48. The van der Waals surface area contributed by atoms with Gasteiger partial charge in [0.15, 0.2) is 0 Å². The number of carbonyl (C=O) groups excluding carboxylic acids is 1. The summed E-state index contributed by atoms with van der Waals surface area (Å²) in [7, 11) is 3.55. The lowest BCUT2D eigenvalue weighted by atomic mass is 10.1. The van der Waals surface area contributed by atoms with E-state index in [1.807, 2.05) is 36.2 Å². The van der Waals surface area contributed by atoms with Crippen LogP contribution in [0.25, 0.3) is 0 Å². The number of rotatable bonds is 5. The van der Waals surface area contributed by atoms with Gasteiger partial charge in [-0.15, -0.1) is 0 Å². The van der Waals surface area contributed by atoms with Crippen molar-refractivity contribution >= 4 is 17.3 Å². The van der Waals surface area contributed by atoms with Gasteiger partial charge in [-0.25, -0.2) is 0 Å². The predicted molar refractivity (Wildman–Crippen MR) is 84.5 cm³/mol. The fourth-order valence-electron chi connectivity index (χ4n) is 2.12. The first-order chi connectivity index (χ1) is 10.0. The van der Waals surface area contributed by atoms with Crippen molar-refractivity contribution in [2.24, 2.45) is 5.73 Å². The molecule has 4 N–H and O–H groups in total. The van der Waals surface area contributed by atoms with Crippen LogP contribution in [0.5, 0.6) is 5.75 Å². The van der Waals surface area contributed by atoms with Gasteiger partial charge in [0.25, 0.3) is 0 Å². The van der Waals surface area contributed by atoms with E-state index in [2.05, 4.69) is 0 Å². The van der Waals surface area contributed by atoms with Gasteiger partial charge in [-0.05, 0) is 35.9 Å². The molecule has 0 spiro atoms. The third-order valence-corrected chi connectivity index (χ3v) is 3.31. The standard InChI is InChI=1S/C16H19N3O2/c1-19(10-11-3-6-13(21-2)7-4-11)15-9-12(16(18)20)5-8-14(15)17/h3-9H,10,17H2,1-2H3,(H2,18,20). The summed E-state index contributed by atoms with van der Waals surface area (Å²) in [5.74, 6) is 0.353. The molecular formula is C16H19N3O2. The van der Waals surface area contributed by atoms with Crippen LogP contribution < -0.4 is 21.1 Å². The Bertz CT molecular complexity index is 638. The summed E-state index contributed by atoms with van der Waals surface area (Å²) in [6, 6.07) is 12.8. The molecule has 0 saturated carbocycles. The van der Waals surface area contributed by atoms with E-state index in [4.69, 9.17) is 16.2 Å². The number of primary amides is 1. The van der Waals surface area contributed by atoms with Gasteiger partial charge >= 0.3 is 0 Å². The minimum Gasteiger partial charge on any atom is -0.497 e. The van der Waals surface area contributed by atoms with Gasteiger partial charge in [0, 0.05) is 19.2 Å². The van der Waals surface area contributed by atoms with E-state index >= 15 is 0 Å². The van der Waals surface area contributed by atoms with Crippen LogP contribution in [-0.4, -0.2) is 20.1 Å². The van der Waals surface area contributed by atoms with Crippen molar-refractivity contribution in [1.82, 2.24) is 0 Å². The first kappa shape index (κ1) is 14.7. The first-order valence-electron chi connectivity index (χ1n) is 6.54. The molecule has 0 radical (unpaired) electrons. The first-order valence-corrected chi connectivity index (χ1v) is 6.54. The molecule has 2 rings (SSSR count). The Hall–Kier alpha value is -2.69. The van der Waals surface area contributed by atoms with E-state index < -0.39 is 5.91 Å². The highest BCUT2D eigenvalue weighted by Crippen LogP contribution is 2.25. The van der Waals surface area contributed by atoms with E-state index in [9.17, 15) is 4.79 Å². The summed E-state index contributed by atoms with van der Waals surface area (Å²) in [5.41, 5.74) is 14.2. The normalized spacial score (nSPS) is 10.2. The number of nitrogens with two attached hydrogens (primary N) is 2. The monoisotopic (exact) mass is 285 g/mol. The molecule has 0 aliphatic heterocycles. The molecular weight excluding hydrogens is 266 g/mol. The number of amides is 1. The van der Waals surface area contributed by atoms with E-state index in [-0.39, 0.29) is 0 Å². The number of nitrogen functional groups attached to an aromatic ring is 1. The van der Waals surface area contributed by atoms with Gasteiger partial charge in [0.05, 0.1) is 18.5 Å². The number of anilines is 2. The number of hydrogen-bond donors (Lipinski definition) is 2. The van der Waals surface area contributed by atoms with E-state index in [1.54, 1.807) is 25.3 Å². The Kier molecular flexibility index (Phi) is 4.33. The van der Waals surface area contributed by atoms with Crippen molar-refractivity contribution in [1.29, 1.82) is 0 Å². The molecule has 5 nitrogen and oxygen atoms in total. The molecule has 110 valence electrons. The lowest BCUT2D eigenvalue weighted by Crippen LogP contribution is -2.19. The summed E-state index contributed by atoms with van der Waals surface area (Å²) in [5, 5.41) is 0. The van der Waals surface area contributed by atoms with Crippen molar-refractivity contribution < 1.29 is 9.53 Å². The molecule has 2 aromatic carbocycles.